The summed E-state index contributed by atoms with van der Waals surface area (Å²) >= 11 is 0. The molecule has 0 aromatic heterocycles. The van der Waals surface area contributed by atoms with E-state index in [4.69, 9.17) is 0 Å². The SMILES string of the molecule is CC(C)(C)CC1CCC(=O)c2cc(-c3ccc(C(F)(F)F)cc3)ccc21. The van der Waals surface area contributed by atoms with Gasteiger partial charge in [0.2, 0.25) is 0 Å². The minimum Gasteiger partial charge on any atom is -0.294 e. The van der Waals surface area contributed by atoms with E-state index in [1.54, 1.807) is 0 Å². The zero-order valence-corrected chi connectivity index (χ0v) is 15.3. The number of fused-ring (bicyclic) bond motifs is 1. The highest BCUT2D eigenvalue weighted by atomic mass is 19.4. The van der Waals surface area contributed by atoms with Gasteiger partial charge in [-0.1, -0.05) is 45.0 Å². The average Bonchev–Trinajstić information content (AvgIpc) is 2.55. The molecule has 4 heteroatoms. The van der Waals surface area contributed by atoms with Crippen LogP contribution >= 0.6 is 0 Å². The van der Waals surface area contributed by atoms with E-state index in [1.165, 1.54) is 12.1 Å². The minimum absolute atomic E-state index is 0.124. The summed E-state index contributed by atoms with van der Waals surface area (Å²) in [4.78, 5) is 12.4. The Morgan fingerprint density at radius 2 is 1.58 bits per heavy atom. The van der Waals surface area contributed by atoms with E-state index >= 15 is 0 Å². The lowest BCUT2D eigenvalue weighted by Crippen LogP contribution is -2.20. The van der Waals surface area contributed by atoms with Crippen LogP contribution in [0.3, 0.4) is 0 Å². The Labute approximate surface area is 152 Å². The number of halogens is 3. The van der Waals surface area contributed by atoms with Crippen LogP contribution in [0.2, 0.25) is 0 Å². The number of benzene rings is 2. The maximum absolute atomic E-state index is 12.7. The molecule has 1 unspecified atom stereocenters. The van der Waals surface area contributed by atoms with Crippen LogP contribution in [-0.2, 0) is 6.18 Å². The Hall–Kier alpha value is -2.10. The second-order valence-electron chi connectivity index (χ2n) is 8.30. The Bertz CT molecular complexity index is 811. The Morgan fingerprint density at radius 3 is 2.15 bits per heavy atom. The number of hydrogen-bond donors (Lipinski definition) is 0. The summed E-state index contributed by atoms with van der Waals surface area (Å²) in [5, 5.41) is 0. The molecule has 0 spiro atoms. The van der Waals surface area contributed by atoms with Crippen molar-refractivity contribution in [2.75, 3.05) is 0 Å². The van der Waals surface area contributed by atoms with Crippen LogP contribution in [-0.4, -0.2) is 5.78 Å². The fraction of sp³-hybridized carbons (Fsp3) is 0.409. The maximum Gasteiger partial charge on any atom is 0.416 e. The molecule has 0 N–H and O–H groups in total. The third-order valence-corrected chi connectivity index (χ3v) is 4.92. The Morgan fingerprint density at radius 1 is 0.962 bits per heavy atom. The molecule has 1 nitrogen and oxygen atoms in total. The van der Waals surface area contributed by atoms with Crippen molar-refractivity contribution >= 4 is 5.78 Å². The van der Waals surface area contributed by atoms with Crippen molar-refractivity contribution in [3.63, 3.8) is 0 Å². The molecular weight excluding hydrogens is 337 g/mol. The zero-order valence-electron chi connectivity index (χ0n) is 15.3. The molecule has 1 aliphatic rings. The van der Waals surface area contributed by atoms with Crippen molar-refractivity contribution in [1.82, 2.24) is 0 Å². The number of ketones is 1. The third-order valence-electron chi connectivity index (χ3n) is 4.92. The molecule has 0 bridgehead atoms. The minimum atomic E-state index is -4.34. The summed E-state index contributed by atoms with van der Waals surface area (Å²) in [6.07, 6.45) is -1.94. The van der Waals surface area contributed by atoms with Crippen LogP contribution in [0.25, 0.3) is 11.1 Å². The highest BCUT2D eigenvalue weighted by molar-refractivity contribution is 6.00. The molecule has 0 fully saturated rings. The van der Waals surface area contributed by atoms with Crippen LogP contribution in [0.15, 0.2) is 42.5 Å². The van der Waals surface area contributed by atoms with Crippen molar-refractivity contribution in [3.8, 4) is 11.1 Å². The van der Waals surface area contributed by atoms with Crippen molar-refractivity contribution in [1.29, 1.82) is 0 Å². The van der Waals surface area contributed by atoms with Gasteiger partial charge in [0.15, 0.2) is 5.78 Å². The van der Waals surface area contributed by atoms with E-state index in [0.717, 1.165) is 41.7 Å². The van der Waals surface area contributed by atoms with Gasteiger partial charge < -0.3 is 0 Å². The normalized spacial score (nSPS) is 17.9. The average molecular weight is 360 g/mol. The van der Waals surface area contributed by atoms with Crippen molar-refractivity contribution in [2.24, 2.45) is 5.41 Å². The number of carbonyl (C=O) groups is 1. The topological polar surface area (TPSA) is 17.1 Å². The second-order valence-corrected chi connectivity index (χ2v) is 8.30. The Kier molecular flexibility index (Phi) is 4.72. The Balaban J connectivity index is 1.95. The first-order valence-electron chi connectivity index (χ1n) is 8.89. The fourth-order valence-corrected chi connectivity index (χ4v) is 3.73. The zero-order chi connectivity index (χ0) is 19.1. The van der Waals surface area contributed by atoms with E-state index < -0.39 is 11.7 Å². The van der Waals surface area contributed by atoms with Gasteiger partial charge in [0.05, 0.1) is 5.56 Å². The summed E-state index contributed by atoms with van der Waals surface area (Å²) < 4.78 is 38.2. The highest BCUT2D eigenvalue weighted by Crippen LogP contribution is 2.41. The van der Waals surface area contributed by atoms with Gasteiger partial charge in [-0.15, -0.1) is 0 Å². The molecule has 2 aromatic rings. The standard InChI is InChI=1S/C22H23F3O/c1-21(2,3)13-16-7-11-20(26)19-12-15(6-10-18(16)19)14-4-8-17(9-5-14)22(23,24)25/h4-6,8-10,12,16H,7,11,13H2,1-3H3. The summed E-state index contributed by atoms with van der Waals surface area (Å²) in [6, 6.07) is 10.8. The lowest BCUT2D eigenvalue weighted by Gasteiger charge is -2.30. The summed E-state index contributed by atoms with van der Waals surface area (Å²) in [5.74, 6) is 0.475. The molecule has 3 rings (SSSR count). The van der Waals surface area contributed by atoms with Gasteiger partial charge in [-0.3, -0.25) is 4.79 Å². The highest BCUT2D eigenvalue weighted by Gasteiger charge is 2.31. The fourth-order valence-electron chi connectivity index (χ4n) is 3.73. The van der Waals surface area contributed by atoms with E-state index in [2.05, 4.69) is 20.8 Å². The lowest BCUT2D eigenvalue weighted by molar-refractivity contribution is -0.137. The number of alkyl halides is 3. The van der Waals surface area contributed by atoms with Crippen molar-refractivity contribution in [2.45, 2.75) is 52.1 Å². The summed E-state index contributed by atoms with van der Waals surface area (Å²) in [6.45, 7) is 6.58. The van der Waals surface area contributed by atoms with E-state index in [1.807, 2.05) is 18.2 Å². The van der Waals surface area contributed by atoms with Gasteiger partial charge >= 0.3 is 6.18 Å². The first kappa shape index (κ1) is 18.7. The van der Waals surface area contributed by atoms with Crippen LogP contribution in [0, 0.1) is 5.41 Å². The molecule has 2 aromatic carbocycles. The first-order valence-corrected chi connectivity index (χ1v) is 8.89. The van der Waals surface area contributed by atoms with Crippen LogP contribution in [0.5, 0.6) is 0 Å². The number of rotatable bonds is 2. The smallest absolute Gasteiger partial charge is 0.294 e. The predicted octanol–water partition coefficient (Wildman–Crippen LogP) is 6.87. The molecular formula is C22H23F3O. The molecule has 138 valence electrons. The number of hydrogen-bond acceptors (Lipinski definition) is 1. The predicted molar refractivity (Wildman–Crippen MR) is 97.3 cm³/mol. The number of carbonyl (C=O) groups excluding carboxylic acids is 1. The third kappa shape index (κ3) is 4.00. The van der Waals surface area contributed by atoms with Crippen molar-refractivity contribution in [3.05, 3.63) is 59.2 Å². The van der Waals surface area contributed by atoms with E-state index in [0.29, 0.717) is 17.9 Å². The maximum atomic E-state index is 12.7. The molecule has 1 aliphatic carbocycles. The van der Waals surface area contributed by atoms with Crippen molar-refractivity contribution < 1.29 is 18.0 Å². The summed E-state index contributed by atoms with van der Waals surface area (Å²) in [5.41, 5.74) is 2.78. The molecule has 0 heterocycles. The van der Waals surface area contributed by atoms with Gasteiger partial charge in [0, 0.05) is 12.0 Å². The molecule has 1 atom stereocenters. The van der Waals surface area contributed by atoms with Gasteiger partial charge in [-0.2, -0.15) is 13.2 Å². The largest absolute Gasteiger partial charge is 0.416 e. The molecule has 0 radical (unpaired) electrons. The van der Waals surface area contributed by atoms with Crippen LogP contribution in [0.1, 0.15) is 67.4 Å². The second kappa shape index (κ2) is 6.57. The van der Waals surface area contributed by atoms with E-state index in [-0.39, 0.29) is 11.2 Å². The van der Waals surface area contributed by atoms with Gasteiger partial charge in [0.25, 0.3) is 0 Å². The first-order chi connectivity index (χ1) is 12.0. The van der Waals surface area contributed by atoms with Gasteiger partial charge in [0.1, 0.15) is 0 Å². The van der Waals surface area contributed by atoms with Crippen LogP contribution < -0.4 is 0 Å². The molecule has 0 amide bonds. The van der Waals surface area contributed by atoms with Gasteiger partial charge in [-0.25, -0.2) is 0 Å². The number of Topliss-reactive ketones (excluding diaryl/α,β-unsaturated/α-hetero) is 1. The molecule has 26 heavy (non-hydrogen) atoms. The summed E-state index contributed by atoms with van der Waals surface area (Å²) in [7, 11) is 0. The van der Waals surface area contributed by atoms with Crippen LogP contribution in [0.4, 0.5) is 13.2 Å². The molecule has 0 aliphatic heterocycles. The van der Waals surface area contributed by atoms with E-state index in [9.17, 15) is 18.0 Å². The monoisotopic (exact) mass is 360 g/mol. The quantitative estimate of drug-likeness (QED) is 0.571. The lowest BCUT2D eigenvalue weighted by atomic mass is 9.73. The van der Waals surface area contributed by atoms with Gasteiger partial charge in [-0.05, 0) is 59.1 Å². The molecule has 0 saturated carbocycles. The molecule has 0 saturated heterocycles.